The van der Waals surface area contributed by atoms with Crippen LogP contribution < -0.4 is 5.73 Å². The van der Waals surface area contributed by atoms with Crippen LogP contribution in [-0.4, -0.2) is 11.2 Å². The largest absolute Gasteiger partial charge is 0.505 e. The van der Waals surface area contributed by atoms with Crippen molar-refractivity contribution in [2.75, 3.05) is 0 Å². The second-order valence-electron chi connectivity index (χ2n) is 2.79. The van der Waals surface area contributed by atoms with Gasteiger partial charge in [-0.3, -0.25) is 0 Å². The van der Waals surface area contributed by atoms with E-state index in [2.05, 4.69) is 4.74 Å². The van der Waals surface area contributed by atoms with E-state index in [-0.39, 0.29) is 0 Å². The van der Waals surface area contributed by atoms with E-state index in [0.29, 0.717) is 5.56 Å². The molecule has 0 bridgehead atoms. The lowest BCUT2D eigenvalue weighted by Gasteiger charge is -2.11. The lowest BCUT2D eigenvalue weighted by atomic mass is 10.1. The monoisotopic (exact) mass is 199 g/mol. The van der Waals surface area contributed by atoms with Crippen molar-refractivity contribution in [1.29, 1.82) is 0 Å². The molecule has 0 fully saturated rings. The fourth-order valence-corrected chi connectivity index (χ4v) is 1.02. The van der Waals surface area contributed by atoms with Gasteiger partial charge in [0, 0.05) is 0 Å². The number of phenolic OH excluding ortho intramolecular Hbond substituents is 1. The molecule has 0 aliphatic heterocycles. The number of rotatable bonds is 2. The van der Waals surface area contributed by atoms with Crippen LogP contribution in [0.4, 0.5) is 9.18 Å². The second kappa shape index (κ2) is 3.95. The van der Waals surface area contributed by atoms with Crippen LogP contribution in [0.2, 0.25) is 0 Å². The third-order valence-electron chi connectivity index (χ3n) is 1.73. The van der Waals surface area contributed by atoms with E-state index in [1.165, 1.54) is 12.1 Å². The fraction of sp³-hybridized carbons (Fsp3) is 0.222. The summed E-state index contributed by atoms with van der Waals surface area (Å²) in [6.07, 6.45) is -1.53. The minimum Gasteiger partial charge on any atom is -0.505 e. The summed E-state index contributed by atoms with van der Waals surface area (Å²) in [5, 5.41) is 9.04. The molecule has 0 spiro atoms. The molecule has 76 valence electrons. The van der Waals surface area contributed by atoms with E-state index in [1.54, 1.807) is 6.92 Å². The van der Waals surface area contributed by atoms with Crippen molar-refractivity contribution in [1.82, 2.24) is 0 Å². The van der Waals surface area contributed by atoms with Crippen molar-refractivity contribution in [2.45, 2.75) is 13.0 Å². The van der Waals surface area contributed by atoms with Crippen LogP contribution in [0.5, 0.6) is 5.75 Å². The van der Waals surface area contributed by atoms with Crippen LogP contribution in [0.1, 0.15) is 18.6 Å². The van der Waals surface area contributed by atoms with Gasteiger partial charge in [-0.1, -0.05) is 6.07 Å². The van der Waals surface area contributed by atoms with Crippen molar-refractivity contribution < 1.29 is 19.0 Å². The van der Waals surface area contributed by atoms with Crippen molar-refractivity contribution in [3.63, 3.8) is 0 Å². The number of ether oxygens (including phenoxy) is 1. The van der Waals surface area contributed by atoms with Crippen molar-refractivity contribution in [3.05, 3.63) is 29.6 Å². The Balaban J connectivity index is 2.85. The molecule has 1 rings (SSSR count). The summed E-state index contributed by atoms with van der Waals surface area (Å²) in [4.78, 5) is 10.4. The molecule has 0 aromatic heterocycles. The smallest absolute Gasteiger partial charge is 0.405 e. The predicted octanol–water partition coefficient (Wildman–Crippen LogP) is 1.69. The van der Waals surface area contributed by atoms with Crippen molar-refractivity contribution in [2.24, 2.45) is 5.73 Å². The van der Waals surface area contributed by atoms with Crippen LogP contribution in [0, 0.1) is 5.82 Å². The maximum atomic E-state index is 12.6. The van der Waals surface area contributed by atoms with E-state index in [9.17, 15) is 9.18 Å². The third kappa shape index (κ3) is 2.35. The van der Waals surface area contributed by atoms with Crippen LogP contribution in [0.15, 0.2) is 18.2 Å². The molecule has 1 aromatic carbocycles. The highest BCUT2D eigenvalue weighted by molar-refractivity contribution is 5.65. The van der Waals surface area contributed by atoms with Gasteiger partial charge in [-0.05, 0) is 24.6 Å². The molecule has 5 heteroatoms. The molecule has 1 atom stereocenters. The summed E-state index contributed by atoms with van der Waals surface area (Å²) >= 11 is 0. The molecule has 1 amide bonds. The number of nitrogens with two attached hydrogens (primary N) is 1. The van der Waals surface area contributed by atoms with E-state index in [1.807, 2.05) is 0 Å². The highest BCUT2D eigenvalue weighted by atomic mass is 19.1. The fourth-order valence-electron chi connectivity index (χ4n) is 1.02. The zero-order valence-corrected chi connectivity index (χ0v) is 7.53. The number of amides is 1. The van der Waals surface area contributed by atoms with Gasteiger partial charge >= 0.3 is 6.09 Å². The zero-order chi connectivity index (χ0) is 10.7. The molecule has 0 heterocycles. The van der Waals surface area contributed by atoms with Gasteiger partial charge in [-0.25, -0.2) is 9.18 Å². The predicted molar refractivity (Wildman–Crippen MR) is 47.1 cm³/mol. The van der Waals surface area contributed by atoms with Crippen molar-refractivity contribution in [3.8, 4) is 5.75 Å². The first-order valence-corrected chi connectivity index (χ1v) is 3.95. The van der Waals surface area contributed by atoms with Gasteiger partial charge in [-0.15, -0.1) is 0 Å². The first kappa shape index (κ1) is 10.3. The summed E-state index contributed by atoms with van der Waals surface area (Å²) in [5.41, 5.74) is 5.28. The Morgan fingerprint density at radius 2 is 2.29 bits per heavy atom. The first-order chi connectivity index (χ1) is 6.50. The maximum Gasteiger partial charge on any atom is 0.405 e. The lowest BCUT2D eigenvalue weighted by Crippen LogP contribution is -2.15. The average molecular weight is 199 g/mol. The van der Waals surface area contributed by atoms with Gasteiger partial charge in [0.1, 0.15) is 6.10 Å². The Kier molecular flexibility index (Phi) is 2.91. The Morgan fingerprint density at radius 1 is 1.64 bits per heavy atom. The topological polar surface area (TPSA) is 72.5 Å². The number of phenols is 1. The molecule has 0 saturated carbocycles. The quantitative estimate of drug-likeness (QED) is 0.761. The summed E-state index contributed by atoms with van der Waals surface area (Å²) in [5.74, 6) is -1.21. The van der Waals surface area contributed by atoms with Crippen LogP contribution >= 0.6 is 0 Å². The Labute approximate surface area is 80.1 Å². The maximum absolute atomic E-state index is 12.6. The van der Waals surface area contributed by atoms with Crippen LogP contribution in [-0.2, 0) is 4.74 Å². The highest BCUT2D eigenvalue weighted by Gasteiger charge is 2.11. The molecule has 3 N–H and O–H groups in total. The van der Waals surface area contributed by atoms with Crippen LogP contribution in [0.3, 0.4) is 0 Å². The van der Waals surface area contributed by atoms with E-state index in [0.717, 1.165) is 6.07 Å². The molecule has 1 aromatic rings. The molecule has 0 unspecified atom stereocenters. The summed E-state index contributed by atoms with van der Waals surface area (Å²) < 4.78 is 17.3. The molecular formula is C9H10FNO3. The first-order valence-electron chi connectivity index (χ1n) is 3.95. The average Bonchev–Trinajstić information content (AvgIpc) is 2.08. The van der Waals surface area contributed by atoms with Gasteiger partial charge < -0.3 is 15.6 Å². The molecule has 0 aliphatic carbocycles. The minimum absolute atomic E-state index is 0.475. The Bertz CT molecular complexity index is 354. The van der Waals surface area contributed by atoms with Gasteiger partial charge in [0.05, 0.1) is 0 Å². The number of benzene rings is 1. The summed E-state index contributed by atoms with van der Waals surface area (Å²) in [7, 11) is 0. The lowest BCUT2D eigenvalue weighted by molar-refractivity contribution is 0.116. The molecule has 0 saturated heterocycles. The SMILES string of the molecule is C[C@@H](OC(N)=O)c1ccc(F)c(O)c1. The number of carbonyl (C=O) groups is 1. The van der Waals surface area contributed by atoms with Gasteiger partial charge in [0.25, 0.3) is 0 Å². The number of hydrogen-bond donors (Lipinski definition) is 2. The molecule has 0 radical (unpaired) electrons. The summed E-state index contributed by atoms with van der Waals surface area (Å²) in [6.45, 7) is 1.57. The molecule has 4 nitrogen and oxygen atoms in total. The molecule has 0 aliphatic rings. The van der Waals surface area contributed by atoms with Crippen molar-refractivity contribution >= 4 is 6.09 Å². The standard InChI is InChI=1S/C9H10FNO3/c1-5(14-9(11)13)6-2-3-7(10)8(12)4-6/h2-5,12H,1H3,(H2,11,13)/t5-/m1/s1. The minimum atomic E-state index is -0.915. The zero-order valence-electron chi connectivity index (χ0n) is 7.53. The van der Waals surface area contributed by atoms with Gasteiger partial charge in [0.2, 0.25) is 0 Å². The van der Waals surface area contributed by atoms with Crippen LogP contribution in [0.25, 0.3) is 0 Å². The van der Waals surface area contributed by atoms with E-state index in [4.69, 9.17) is 10.8 Å². The van der Waals surface area contributed by atoms with Gasteiger partial charge in [-0.2, -0.15) is 0 Å². The molecule has 14 heavy (non-hydrogen) atoms. The highest BCUT2D eigenvalue weighted by Crippen LogP contribution is 2.23. The number of primary amides is 1. The number of hydrogen-bond acceptors (Lipinski definition) is 3. The van der Waals surface area contributed by atoms with E-state index < -0.39 is 23.8 Å². The Morgan fingerprint density at radius 3 is 2.79 bits per heavy atom. The summed E-state index contributed by atoms with van der Waals surface area (Å²) in [6, 6.07) is 3.68. The number of aromatic hydroxyl groups is 1. The second-order valence-corrected chi connectivity index (χ2v) is 2.79. The number of carbonyl (C=O) groups excluding carboxylic acids is 1. The number of halogens is 1. The van der Waals surface area contributed by atoms with E-state index >= 15 is 0 Å². The Hall–Kier alpha value is -1.78. The third-order valence-corrected chi connectivity index (χ3v) is 1.73. The van der Waals surface area contributed by atoms with Gasteiger partial charge in [0.15, 0.2) is 11.6 Å². The normalized spacial score (nSPS) is 12.1. The molecular weight excluding hydrogens is 189 g/mol.